The zero-order valence-electron chi connectivity index (χ0n) is 19.4. The van der Waals surface area contributed by atoms with Gasteiger partial charge in [-0.1, -0.05) is 140 Å². The Bertz CT molecular complexity index is 1610. The summed E-state index contributed by atoms with van der Waals surface area (Å²) < 4.78 is 0. The van der Waals surface area contributed by atoms with Crippen LogP contribution < -0.4 is 5.73 Å². The van der Waals surface area contributed by atoms with Crippen molar-refractivity contribution in [2.24, 2.45) is 0 Å². The fraction of sp³-hybridized carbons (Fsp3) is 0. The predicted molar refractivity (Wildman–Crippen MR) is 150 cm³/mol. The van der Waals surface area contributed by atoms with Crippen LogP contribution in [0.15, 0.2) is 140 Å². The van der Waals surface area contributed by atoms with E-state index < -0.39 is 0 Å². The normalized spacial score (nSPS) is 11.0. The van der Waals surface area contributed by atoms with Crippen LogP contribution >= 0.6 is 0 Å². The molecule has 0 radical (unpaired) electrons. The molecule has 166 valence electrons. The van der Waals surface area contributed by atoms with E-state index in [0.29, 0.717) is 0 Å². The molecule has 0 aliphatic heterocycles. The van der Waals surface area contributed by atoms with Crippen LogP contribution in [0.4, 0.5) is 5.69 Å². The van der Waals surface area contributed by atoms with Gasteiger partial charge < -0.3 is 5.73 Å². The molecule has 0 atom stereocenters. The predicted octanol–water partition coefficient (Wildman–Crippen LogP) is 9.09. The van der Waals surface area contributed by atoms with E-state index >= 15 is 0 Å². The van der Waals surface area contributed by atoms with Crippen LogP contribution in [0.2, 0.25) is 0 Å². The van der Waals surface area contributed by atoms with E-state index in [4.69, 9.17) is 5.73 Å². The lowest BCUT2D eigenvalue weighted by Gasteiger charge is -2.17. The molecular formula is C34H25N. The van der Waals surface area contributed by atoms with Crippen LogP contribution in [0.5, 0.6) is 0 Å². The van der Waals surface area contributed by atoms with E-state index in [9.17, 15) is 0 Å². The van der Waals surface area contributed by atoms with Gasteiger partial charge in [0.25, 0.3) is 0 Å². The average Bonchev–Trinajstić information content (AvgIpc) is 2.94. The maximum Gasteiger partial charge on any atom is 0.0479 e. The number of hydrogen-bond donors (Lipinski definition) is 1. The maximum atomic E-state index is 6.91. The second-order valence-electron chi connectivity index (χ2n) is 8.79. The van der Waals surface area contributed by atoms with E-state index in [1.54, 1.807) is 0 Å². The number of benzene rings is 6. The van der Waals surface area contributed by atoms with Gasteiger partial charge >= 0.3 is 0 Å². The van der Waals surface area contributed by atoms with Gasteiger partial charge in [-0.05, 0) is 44.2 Å². The molecule has 35 heavy (non-hydrogen) atoms. The number of anilines is 1. The Labute approximate surface area is 206 Å². The Balaban J connectivity index is 1.47. The number of rotatable bonds is 4. The fourth-order valence-corrected chi connectivity index (χ4v) is 4.95. The first kappa shape index (κ1) is 20.9. The van der Waals surface area contributed by atoms with Crippen molar-refractivity contribution in [2.75, 3.05) is 5.73 Å². The van der Waals surface area contributed by atoms with Crippen molar-refractivity contribution in [2.45, 2.75) is 0 Å². The van der Waals surface area contributed by atoms with Gasteiger partial charge in [-0.15, -0.1) is 0 Å². The Kier molecular flexibility index (Phi) is 5.37. The van der Waals surface area contributed by atoms with Crippen LogP contribution in [0, 0.1) is 0 Å². The van der Waals surface area contributed by atoms with Crippen LogP contribution in [-0.4, -0.2) is 0 Å². The van der Waals surface area contributed by atoms with Gasteiger partial charge in [0.1, 0.15) is 0 Å². The van der Waals surface area contributed by atoms with Crippen LogP contribution in [0.25, 0.3) is 55.3 Å². The molecule has 0 saturated carbocycles. The largest absolute Gasteiger partial charge is 0.398 e. The first-order valence-electron chi connectivity index (χ1n) is 11.9. The van der Waals surface area contributed by atoms with Crippen molar-refractivity contribution >= 4 is 16.5 Å². The summed E-state index contributed by atoms with van der Waals surface area (Å²) in [6.07, 6.45) is 0. The minimum Gasteiger partial charge on any atom is -0.398 e. The maximum absolute atomic E-state index is 6.91. The van der Waals surface area contributed by atoms with Gasteiger partial charge in [-0.2, -0.15) is 0 Å². The van der Waals surface area contributed by atoms with Crippen LogP contribution in [-0.2, 0) is 0 Å². The van der Waals surface area contributed by atoms with Crippen LogP contribution in [0.1, 0.15) is 0 Å². The molecule has 6 rings (SSSR count). The highest BCUT2D eigenvalue weighted by Crippen LogP contribution is 2.42. The third kappa shape index (κ3) is 3.88. The molecule has 0 spiro atoms. The Morgan fingerprint density at radius 2 is 0.857 bits per heavy atom. The number of fused-ring (bicyclic) bond motifs is 1. The smallest absolute Gasteiger partial charge is 0.0479 e. The van der Waals surface area contributed by atoms with Gasteiger partial charge in [-0.3, -0.25) is 0 Å². The van der Waals surface area contributed by atoms with Crippen molar-refractivity contribution in [3.63, 3.8) is 0 Å². The number of nitrogens with two attached hydrogens (primary N) is 1. The Morgan fingerprint density at radius 3 is 1.57 bits per heavy atom. The minimum absolute atomic E-state index is 0.801. The van der Waals surface area contributed by atoms with Gasteiger partial charge in [0.15, 0.2) is 0 Å². The molecule has 0 aliphatic carbocycles. The van der Waals surface area contributed by atoms with Gasteiger partial charge in [0.05, 0.1) is 0 Å². The van der Waals surface area contributed by atoms with Crippen molar-refractivity contribution in [1.29, 1.82) is 0 Å². The van der Waals surface area contributed by atoms with Crippen molar-refractivity contribution in [3.05, 3.63) is 140 Å². The zero-order valence-corrected chi connectivity index (χ0v) is 19.4. The monoisotopic (exact) mass is 447 g/mol. The second kappa shape index (κ2) is 8.96. The van der Waals surface area contributed by atoms with Crippen LogP contribution in [0.3, 0.4) is 0 Å². The van der Waals surface area contributed by atoms with Gasteiger partial charge in [-0.25, -0.2) is 0 Å². The Morgan fingerprint density at radius 1 is 0.343 bits per heavy atom. The number of hydrogen-bond acceptors (Lipinski definition) is 1. The molecule has 0 fully saturated rings. The standard InChI is InChI=1S/C34H25N/c35-34-32(23-22-31(25-10-3-1-4-11-25)33(34)28-13-5-2-6-14-28)27-20-18-26(19-21-27)30-17-9-15-24-12-7-8-16-29(24)30/h1-23H,35H2. The number of nitrogen functional groups attached to an aromatic ring is 1. The first-order chi connectivity index (χ1) is 17.3. The van der Waals surface area contributed by atoms with E-state index in [-0.39, 0.29) is 0 Å². The molecule has 0 heterocycles. The molecule has 6 aromatic rings. The third-order valence-corrected chi connectivity index (χ3v) is 6.69. The molecule has 1 heteroatoms. The molecule has 0 aliphatic rings. The van der Waals surface area contributed by atoms with Crippen molar-refractivity contribution in [3.8, 4) is 44.5 Å². The van der Waals surface area contributed by atoms with E-state index in [0.717, 1.165) is 39.1 Å². The third-order valence-electron chi connectivity index (χ3n) is 6.69. The molecule has 1 nitrogen and oxygen atoms in total. The lowest BCUT2D eigenvalue weighted by Crippen LogP contribution is -1.97. The molecule has 0 saturated heterocycles. The highest BCUT2D eigenvalue weighted by atomic mass is 14.6. The minimum atomic E-state index is 0.801. The highest BCUT2D eigenvalue weighted by molar-refractivity contribution is 5.99. The molecular weight excluding hydrogens is 422 g/mol. The summed E-state index contributed by atoms with van der Waals surface area (Å²) in [5, 5.41) is 2.52. The molecule has 0 aromatic heterocycles. The first-order valence-corrected chi connectivity index (χ1v) is 11.9. The summed E-state index contributed by atoms with van der Waals surface area (Å²) >= 11 is 0. The summed E-state index contributed by atoms with van der Waals surface area (Å²) in [6.45, 7) is 0. The average molecular weight is 448 g/mol. The summed E-state index contributed by atoms with van der Waals surface area (Å²) in [4.78, 5) is 0. The lowest BCUT2D eigenvalue weighted by atomic mass is 9.88. The summed E-state index contributed by atoms with van der Waals surface area (Å²) in [5.74, 6) is 0. The highest BCUT2D eigenvalue weighted by Gasteiger charge is 2.15. The quantitative estimate of drug-likeness (QED) is 0.268. The fourth-order valence-electron chi connectivity index (χ4n) is 4.95. The molecule has 6 aromatic carbocycles. The molecule has 0 amide bonds. The lowest BCUT2D eigenvalue weighted by molar-refractivity contribution is 1.55. The van der Waals surface area contributed by atoms with E-state index in [2.05, 4.69) is 127 Å². The molecule has 0 unspecified atom stereocenters. The summed E-state index contributed by atoms with van der Waals surface area (Å²) in [6, 6.07) is 49.0. The second-order valence-corrected chi connectivity index (χ2v) is 8.79. The topological polar surface area (TPSA) is 26.0 Å². The Hall–Kier alpha value is -4.62. The summed E-state index contributed by atoms with van der Waals surface area (Å²) in [5.41, 5.74) is 16.8. The molecule has 2 N–H and O–H groups in total. The zero-order chi connectivity index (χ0) is 23.6. The SMILES string of the molecule is Nc1c(-c2ccc(-c3cccc4ccccc34)cc2)ccc(-c2ccccc2)c1-c1ccccc1. The summed E-state index contributed by atoms with van der Waals surface area (Å²) in [7, 11) is 0. The van der Waals surface area contributed by atoms with Crippen molar-refractivity contribution < 1.29 is 0 Å². The molecule has 0 bridgehead atoms. The van der Waals surface area contributed by atoms with Gasteiger partial charge in [0, 0.05) is 16.8 Å². The van der Waals surface area contributed by atoms with E-state index in [1.807, 2.05) is 12.1 Å². The van der Waals surface area contributed by atoms with Gasteiger partial charge in [0.2, 0.25) is 0 Å². The van der Waals surface area contributed by atoms with Crippen molar-refractivity contribution in [1.82, 2.24) is 0 Å². The van der Waals surface area contributed by atoms with E-state index in [1.165, 1.54) is 21.9 Å².